The standard InChI is InChI=1S/C14H16BrN3OS.2ClH/c15-11-4-1-3-10(7-11)14-18-12(9-20-14)8-13(19)17-6-2-5-16;;/h1,3-4,7,9H,2,5-6,8,16H2,(H,17,19);2*1H. The van der Waals surface area contributed by atoms with E-state index in [-0.39, 0.29) is 30.7 Å². The normalized spacial score (nSPS) is 9.55. The van der Waals surface area contributed by atoms with Gasteiger partial charge in [0.05, 0.1) is 12.1 Å². The minimum absolute atomic E-state index is 0. The van der Waals surface area contributed by atoms with Crippen molar-refractivity contribution in [2.75, 3.05) is 13.1 Å². The number of nitrogens with two attached hydrogens (primary N) is 1. The Morgan fingerprint density at radius 1 is 1.36 bits per heavy atom. The Morgan fingerprint density at radius 2 is 2.14 bits per heavy atom. The fourth-order valence-electron chi connectivity index (χ4n) is 1.70. The van der Waals surface area contributed by atoms with Crippen LogP contribution in [0.15, 0.2) is 34.1 Å². The molecule has 0 aliphatic carbocycles. The summed E-state index contributed by atoms with van der Waals surface area (Å²) in [4.78, 5) is 16.2. The van der Waals surface area contributed by atoms with Gasteiger partial charge in [-0.2, -0.15) is 0 Å². The van der Waals surface area contributed by atoms with Gasteiger partial charge in [0.15, 0.2) is 0 Å². The maximum Gasteiger partial charge on any atom is 0.226 e. The molecule has 1 aromatic heterocycles. The summed E-state index contributed by atoms with van der Waals surface area (Å²) >= 11 is 4.99. The second-order valence-electron chi connectivity index (χ2n) is 4.32. The van der Waals surface area contributed by atoms with Crippen LogP contribution in [0.1, 0.15) is 12.1 Å². The summed E-state index contributed by atoms with van der Waals surface area (Å²) < 4.78 is 1.02. The number of nitrogens with zero attached hydrogens (tertiary/aromatic N) is 1. The number of carbonyl (C=O) groups excluding carboxylic acids is 1. The van der Waals surface area contributed by atoms with Gasteiger partial charge in [-0.05, 0) is 25.1 Å². The Hall–Kier alpha value is -0.660. The fraction of sp³-hybridized carbons (Fsp3) is 0.286. The molecule has 122 valence electrons. The number of amides is 1. The Balaban J connectivity index is 0.00000220. The lowest BCUT2D eigenvalue weighted by molar-refractivity contribution is -0.120. The highest BCUT2D eigenvalue weighted by Gasteiger charge is 2.08. The number of carbonyl (C=O) groups is 1. The van der Waals surface area contributed by atoms with Gasteiger partial charge in [-0.3, -0.25) is 4.79 Å². The molecule has 2 aromatic rings. The number of rotatable bonds is 6. The van der Waals surface area contributed by atoms with Crippen LogP contribution in [-0.2, 0) is 11.2 Å². The molecule has 22 heavy (non-hydrogen) atoms. The zero-order valence-electron chi connectivity index (χ0n) is 11.8. The molecule has 0 atom stereocenters. The molecule has 0 fully saturated rings. The first-order valence-electron chi connectivity index (χ1n) is 6.36. The van der Waals surface area contributed by atoms with E-state index in [1.807, 2.05) is 29.6 Å². The zero-order chi connectivity index (χ0) is 14.4. The summed E-state index contributed by atoms with van der Waals surface area (Å²) in [6, 6.07) is 7.97. The van der Waals surface area contributed by atoms with E-state index in [1.165, 1.54) is 0 Å². The van der Waals surface area contributed by atoms with Crippen LogP contribution in [0.3, 0.4) is 0 Å². The molecule has 0 spiro atoms. The average molecular weight is 427 g/mol. The van der Waals surface area contributed by atoms with Gasteiger partial charge < -0.3 is 11.1 Å². The molecule has 0 saturated carbocycles. The predicted octanol–water partition coefficient (Wildman–Crippen LogP) is 3.42. The molecule has 0 saturated heterocycles. The SMILES string of the molecule is Cl.Cl.NCCCNC(=O)Cc1csc(-c2cccc(Br)c2)n1. The van der Waals surface area contributed by atoms with Crippen molar-refractivity contribution in [3.05, 3.63) is 39.8 Å². The summed E-state index contributed by atoms with van der Waals surface area (Å²) in [6.45, 7) is 1.21. The molecule has 4 nitrogen and oxygen atoms in total. The van der Waals surface area contributed by atoms with Gasteiger partial charge in [0, 0.05) is 22.0 Å². The van der Waals surface area contributed by atoms with Crippen LogP contribution in [0.5, 0.6) is 0 Å². The first-order chi connectivity index (χ1) is 9.69. The highest BCUT2D eigenvalue weighted by Crippen LogP contribution is 2.26. The summed E-state index contributed by atoms with van der Waals surface area (Å²) in [5.74, 6) is -0.00968. The molecule has 3 N–H and O–H groups in total. The van der Waals surface area contributed by atoms with Crippen molar-refractivity contribution in [1.29, 1.82) is 0 Å². The van der Waals surface area contributed by atoms with E-state index in [1.54, 1.807) is 11.3 Å². The minimum Gasteiger partial charge on any atom is -0.356 e. The van der Waals surface area contributed by atoms with E-state index in [0.717, 1.165) is 27.2 Å². The number of benzene rings is 1. The van der Waals surface area contributed by atoms with Crippen LogP contribution >= 0.6 is 52.1 Å². The van der Waals surface area contributed by atoms with E-state index >= 15 is 0 Å². The number of thiazole rings is 1. The van der Waals surface area contributed by atoms with Gasteiger partial charge in [-0.25, -0.2) is 4.98 Å². The van der Waals surface area contributed by atoms with E-state index in [4.69, 9.17) is 5.73 Å². The van der Waals surface area contributed by atoms with Crippen LogP contribution < -0.4 is 11.1 Å². The van der Waals surface area contributed by atoms with Gasteiger partial charge >= 0.3 is 0 Å². The minimum atomic E-state index is -0.00968. The highest BCUT2D eigenvalue weighted by molar-refractivity contribution is 9.10. The first-order valence-corrected chi connectivity index (χ1v) is 8.03. The third kappa shape index (κ3) is 6.62. The third-order valence-corrected chi connectivity index (χ3v) is 4.10. The molecular weight excluding hydrogens is 409 g/mol. The van der Waals surface area contributed by atoms with Crippen molar-refractivity contribution in [2.24, 2.45) is 5.73 Å². The summed E-state index contributed by atoms with van der Waals surface area (Å²) in [7, 11) is 0. The molecule has 1 aromatic carbocycles. The van der Waals surface area contributed by atoms with E-state index in [2.05, 4.69) is 26.2 Å². The van der Waals surface area contributed by atoms with Crippen molar-refractivity contribution in [2.45, 2.75) is 12.8 Å². The van der Waals surface area contributed by atoms with Crippen LogP contribution in [-0.4, -0.2) is 24.0 Å². The van der Waals surface area contributed by atoms with Crippen LogP contribution in [0.4, 0.5) is 0 Å². The molecule has 0 unspecified atom stereocenters. The van der Waals surface area contributed by atoms with E-state index < -0.39 is 0 Å². The van der Waals surface area contributed by atoms with E-state index in [0.29, 0.717) is 19.5 Å². The quantitative estimate of drug-likeness (QED) is 0.695. The first kappa shape index (κ1) is 21.3. The molecular formula is C14H18BrCl2N3OS. The lowest BCUT2D eigenvalue weighted by Crippen LogP contribution is -2.27. The van der Waals surface area contributed by atoms with Gasteiger partial charge in [0.1, 0.15) is 5.01 Å². The van der Waals surface area contributed by atoms with Crippen molar-refractivity contribution >= 4 is 58.0 Å². The average Bonchev–Trinajstić information content (AvgIpc) is 2.87. The maximum atomic E-state index is 11.7. The monoisotopic (exact) mass is 425 g/mol. The molecule has 0 aliphatic rings. The molecule has 0 bridgehead atoms. The van der Waals surface area contributed by atoms with Crippen LogP contribution in [0, 0.1) is 0 Å². The lowest BCUT2D eigenvalue weighted by Gasteiger charge is -2.02. The number of halogens is 3. The smallest absolute Gasteiger partial charge is 0.226 e. The zero-order valence-corrected chi connectivity index (χ0v) is 15.8. The number of aromatic nitrogens is 1. The fourth-order valence-corrected chi connectivity index (χ4v) is 2.92. The molecule has 2 rings (SSSR count). The Bertz CT molecular complexity index is 595. The predicted molar refractivity (Wildman–Crippen MR) is 100 cm³/mol. The second-order valence-corrected chi connectivity index (χ2v) is 6.10. The topological polar surface area (TPSA) is 68.0 Å². The third-order valence-electron chi connectivity index (χ3n) is 2.67. The number of hydrogen-bond acceptors (Lipinski definition) is 4. The van der Waals surface area contributed by atoms with Crippen LogP contribution in [0.25, 0.3) is 10.6 Å². The molecule has 8 heteroatoms. The van der Waals surface area contributed by atoms with Gasteiger partial charge in [0.25, 0.3) is 0 Å². The number of hydrogen-bond donors (Lipinski definition) is 2. The molecule has 1 heterocycles. The van der Waals surface area contributed by atoms with Crippen molar-refractivity contribution in [3.8, 4) is 10.6 Å². The summed E-state index contributed by atoms with van der Waals surface area (Å²) in [5, 5.41) is 5.68. The Kier molecular flexibility index (Phi) is 10.6. The van der Waals surface area contributed by atoms with Crippen molar-refractivity contribution in [1.82, 2.24) is 10.3 Å². The van der Waals surface area contributed by atoms with Gasteiger partial charge in [-0.15, -0.1) is 36.2 Å². The maximum absolute atomic E-state index is 11.7. The second kappa shape index (κ2) is 11.0. The Labute approximate surface area is 154 Å². The highest BCUT2D eigenvalue weighted by atomic mass is 79.9. The lowest BCUT2D eigenvalue weighted by atomic mass is 10.2. The molecule has 0 radical (unpaired) electrons. The summed E-state index contributed by atoms with van der Waals surface area (Å²) in [5.41, 5.74) is 7.24. The number of nitrogens with one attached hydrogen (secondary N) is 1. The summed E-state index contributed by atoms with van der Waals surface area (Å²) in [6.07, 6.45) is 1.11. The Morgan fingerprint density at radius 3 is 2.82 bits per heavy atom. The largest absolute Gasteiger partial charge is 0.356 e. The van der Waals surface area contributed by atoms with Gasteiger partial charge in [-0.1, -0.05) is 28.1 Å². The van der Waals surface area contributed by atoms with Gasteiger partial charge in [0.2, 0.25) is 5.91 Å². The van der Waals surface area contributed by atoms with Crippen molar-refractivity contribution in [3.63, 3.8) is 0 Å². The van der Waals surface area contributed by atoms with E-state index in [9.17, 15) is 4.79 Å². The molecule has 1 amide bonds. The van der Waals surface area contributed by atoms with Crippen molar-refractivity contribution < 1.29 is 4.79 Å². The van der Waals surface area contributed by atoms with Crippen LogP contribution in [0.2, 0.25) is 0 Å². The molecule has 0 aliphatic heterocycles.